The number of morpholine rings is 1. The van der Waals surface area contributed by atoms with Crippen molar-refractivity contribution in [1.82, 2.24) is 19.5 Å². The van der Waals surface area contributed by atoms with Gasteiger partial charge in [-0.3, -0.25) is 4.57 Å². The molecule has 4 rings (SSSR count). The van der Waals surface area contributed by atoms with E-state index in [4.69, 9.17) is 10.5 Å². The van der Waals surface area contributed by atoms with Crippen LogP contribution in [0.2, 0.25) is 0 Å². The Morgan fingerprint density at radius 2 is 2.14 bits per heavy atom. The van der Waals surface area contributed by atoms with E-state index in [0.29, 0.717) is 12.0 Å². The molecule has 0 saturated carbocycles. The smallest absolute Gasteiger partial charge is 0.388 e. The highest BCUT2D eigenvalue weighted by Crippen LogP contribution is 2.49. The van der Waals surface area contributed by atoms with Crippen molar-refractivity contribution in [3.05, 3.63) is 40.2 Å². The largest absolute Gasteiger partial charge is 0.433 e. The second kappa shape index (κ2) is 6.39. The number of aliphatic hydroxyl groups is 1. The molecule has 0 amide bonds. The van der Waals surface area contributed by atoms with Crippen LogP contribution in [0.3, 0.4) is 0 Å². The molecule has 2 aliphatic rings. The number of aryl methyl sites for hydroxylation is 1. The van der Waals surface area contributed by atoms with Gasteiger partial charge in [-0.2, -0.15) is 18.2 Å². The van der Waals surface area contributed by atoms with E-state index in [-0.39, 0.29) is 18.3 Å². The highest BCUT2D eigenvalue weighted by atomic mass is 19.4. The standard InChI is InChI=1S/C17H19F3N6O3/c1-3-16-7-26(14-22-5-4-9(23-14)17(18,19)20)10(11(16)27)13(29-16)25-6-8(2)12(21)24-15(25)28/h4-6,10-11,13,27H,3,7H2,1-2H3,(H2,21,24,28)/t10-,11+,13-,16+/m1/s1. The van der Waals surface area contributed by atoms with Crippen LogP contribution in [0.15, 0.2) is 23.3 Å². The number of hydrogen-bond acceptors (Lipinski definition) is 8. The maximum atomic E-state index is 13.1. The van der Waals surface area contributed by atoms with Crippen LogP contribution >= 0.6 is 0 Å². The summed E-state index contributed by atoms with van der Waals surface area (Å²) < 4.78 is 46.5. The predicted octanol–water partition coefficient (Wildman–Crippen LogP) is 0.870. The molecule has 2 aromatic heterocycles. The fraction of sp³-hybridized carbons (Fsp3) is 0.529. The molecule has 0 aromatic carbocycles. The zero-order chi connectivity index (χ0) is 21.1. The van der Waals surface area contributed by atoms with Gasteiger partial charge in [-0.15, -0.1) is 0 Å². The number of nitrogens with two attached hydrogens (primary N) is 1. The molecule has 3 N–H and O–H groups in total. The Morgan fingerprint density at radius 1 is 1.41 bits per heavy atom. The number of aliphatic hydroxyl groups excluding tert-OH is 1. The summed E-state index contributed by atoms with van der Waals surface area (Å²) in [5.74, 6) is -0.126. The molecule has 0 radical (unpaired) electrons. The minimum atomic E-state index is -4.64. The van der Waals surface area contributed by atoms with Crippen LogP contribution in [-0.4, -0.2) is 48.9 Å². The lowest BCUT2D eigenvalue weighted by atomic mass is 9.96. The number of fused-ring (bicyclic) bond motifs is 2. The number of anilines is 2. The van der Waals surface area contributed by atoms with Gasteiger partial charge >= 0.3 is 11.9 Å². The SMILES string of the molecule is CC[C@@]12CN(c3nccc(C(F)(F)F)n3)[C@@H]([C@H](n3cc(C)c(N)nc3=O)O1)[C@@H]2O. The number of nitrogens with zero attached hydrogens (tertiary/aromatic N) is 5. The van der Waals surface area contributed by atoms with Crippen LogP contribution in [0.25, 0.3) is 0 Å². The third-order valence-electron chi connectivity index (χ3n) is 5.54. The van der Waals surface area contributed by atoms with Gasteiger partial charge in [-0.05, 0) is 19.4 Å². The normalized spacial score (nSPS) is 28.9. The van der Waals surface area contributed by atoms with Crippen LogP contribution in [0.4, 0.5) is 24.9 Å². The number of alkyl halides is 3. The van der Waals surface area contributed by atoms with Crippen molar-refractivity contribution in [3.63, 3.8) is 0 Å². The Balaban J connectivity index is 1.79. The fourth-order valence-corrected chi connectivity index (χ4v) is 3.93. The van der Waals surface area contributed by atoms with E-state index in [9.17, 15) is 23.1 Å². The second-order valence-corrected chi connectivity index (χ2v) is 7.23. The highest BCUT2D eigenvalue weighted by molar-refractivity contribution is 5.42. The first-order valence-electron chi connectivity index (χ1n) is 8.95. The average Bonchev–Trinajstić information content (AvgIpc) is 3.12. The molecule has 0 aliphatic carbocycles. The molecular formula is C17H19F3N6O3. The van der Waals surface area contributed by atoms with E-state index in [1.807, 2.05) is 0 Å². The van der Waals surface area contributed by atoms with Crippen LogP contribution in [-0.2, 0) is 10.9 Å². The van der Waals surface area contributed by atoms with Gasteiger partial charge in [0.2, 0.25) is 5.95 Å². The van der Waals surface area contributed by atoms with Crippen molar-refractivity contribution in [2.24, 2.45) is 0 Å². The van der Waals surface area contributed by atoms with Gasteiger partial charge < -0.3 is 20.5 Å². The van der Waals surface area contributed by atoms with Gasteiger partial charge in [0.1, 0.15) is 29.3 Å². The summed E-state index contributed by atoms with van der Waals surface area (Å²) in [6.45, 7) is 3.53. The molecular weight excluding hydrogens is 393 g/mol. The van der Waals surface area contributed by atoms with Crippen molar-refractivity contribution in [3.8, 4) is 0 Å². The first kappa shape index (κ1) is 19.6. The molecule has 2 aromatic rings. The summed E-state index contributed by atoms with van der Waals surface area (Å²) >= 11 is 0. The lowest BCUT2D eigenvalue weighted by Crippen LogP contribution is -2.48. The molecule has 0 spiro atoms. The molecule has 4 heterocycles. The Hall–Kier alpha value is -2.73. The first-order valence-corrected chi connectivity index (χ1v) is 8.95. The summed E-state index contributed by atoms with van der Waals surface area (Å²) in [6.07, 6.45) is -3.86. The minimum Gasteiger partial charge on any atom is -0.388 e. The van der Waals surface area contributed by atoms with E-state index < -0.39 is 41.5 Å². The molecule has 9 nitrogen and oxygen atoms in total. The number of ether oxygens (including phenoxy) is 1. The van der Waals surface area contributed by atoms with Crippen LogP contribution < -0.4 is 16.3 Å². The molecule has 2 saturated heterocycles. The molecule has 29 heavy (non-hydrogen) atoms. The van der Waals surface area contributed by atoms with Crippen molar-refractivity contribution >= 4 is 11.8 Å². The van der Waals surface area contributed by atoms with E-state index in [0.717, 1.165) is 12.3 Å². The van der Waals surface area contributed by atoms with Crippen LogP contribution in [0.5, 0.6) is 0 Å². The van der Waals surface area contributed by atoms with Gasteiger partial charge in [0, 0.05) is 18.0 Å². The van der Waals surface area contributed by atoms with Gasteiger partial charge in [-0.25, -0.2) is 14.8 Å². The molecule has 4 atom stereocenters. The summed E-state index contributed by atoms with van der Waals surface area (Å²) in [5, 5.41) is 10.9. The fourth-order valence-electron chi connectivity index (χ4n) is 3.93. The number of halogens is 3. The van der Waals surface area contributed by atoms with Crippen LogP contribution in [0, 0.1) is 6.92 Å². The van der Waals surface area contributed by atoms with Crippen LogP contribution in [0.1, 0.15) is 30.8 Å². The maximum Gasteiger partial charge on any atom is 0.433 e. The molecule has 2 bridgehead atoms. The lowest BCUT2D eigenvalue weighted by Gasteiger charge is -2.37. The summed E-state index contributed by atoms with van der Waals surface area (Å²) in [4.78, 5) is 25.2. The predicted molar refractivity (Wildman–Crippen MR) is 95.0 cm³/mol. The van der Waals surface area contributed by atoms with Crippen molar-refractivity contribution in [1.29, 1.82) is 0 Å². The summed E-state index contributed by atoms with van der Waals surface area (Å²) in [6, 6.07) is -0.101. The number of rotatable bonds is 3. The summed E-state index contributed by atoms with van der Waals surface area (Å²) in [7, 11) is 0. The van der Waals surface area contributed by atoms with Crippen molar-refractivity contribution < 1.29 is 23.0 Å². The zero-order valence-corrected chi connectivity index (χ0v) is 15.6. The van der Waals surface area contributed by atoms with E-state index in [2.05, 4.69) is 15.0 Å². The Morgan fingerprint density at radius 3 is 2.76 bits per heavy atom. The van der Waals surface area contributed by atoms with Gasteiger partial charge in [0.05, 0.1) is 6.54 Å². The van der Waals surface area contributed by atoms with Gasteiger partial charge in [0.15, 0.2) is 6.23 Å². The second-order valence-electron chi connectivity index (χ2n) is 7.23. The van der Waals surface area contributed by atoms with E-state index in [1.54, 1.807) is 13.8 Å². The van der Waals surface area contributed by atoms with Gasteiger partial charge in [-0.1, -0.05) is 6.92 Å². The first-order chi connectivity index (χ1) is 13.6. The topological polar surface area (TPSA) is 119 Å². The monoisotopic (exact) mass is 412 g/mol. The quantitative estimate of drug-likeness (QED) is 0.762. The van der Waals surface area contributed by atoms with Crippen molar-refractivity contribution in [2.75, 3.05) is 17.2 Å². The Bertz CT molecular complexity index is 1010. The maximum absolute atomic E-state index is 13.1. The number of hydrogen-bond donors (Lipinski definition) is 2. The average molecular weight is 412 g/mol. The lowest BCUT2D eigenvalue weighted by molar-refractivity contribution is -0.141. The number of nitrogen functional groups attached to an aromatic ring is 1. The minimum absolute atomic E-state index is 0.0678. The molecule has 0 unspecified atom stereocenters. The molecule has 2 aliphatic heterocycles. The van der Waals surface area contributed by atoms with E-state index in [1.165, 1.54) is 15.7 Å². The third kappa shape index (κ3) is 2.94. The molecule has 156 valence electrons. The Kier molecular flexibility index (Phi) is 4.31. The third-order valence-corrected chi connectivity index (χ3v) is 5.54. The molecule has 2 fully saturated rings. The van der Waals surface area contributed by atoms with Crippen molar-refractivity contribution in [2.45, 2.75) is 50.4 Å². The highest BCUT2D eigenvalue weighted by Gasteiger charge is 2.64. The molecule has 12 heteroatoms. The van der Waals surface area contributed by atoms with Gasteiger partial charge in [0.25, 0.3) is 0 Å². The Labute approximate surface area is 163 Å². The van der Waals surface area contributed by atoms with E-state index >= 15 is 0 Å². The summed E-state index contributed by atoms with van der Waals surface area (Å²) in [5.41, 5.74) is 3.33. The number of aromatic nitrogens is 4. The zero-order valence-electron chi connectivity index (χ0n) is 15.6.